The summed E-state index contributed by atoms with van der Waals surface area (Å²) in [7, 11) is 0. The molecule has 0 aliphatic carbocycles. The van der Waals surface area contributed by atoms with Crippen molar-refractivity contribution in [1.29, 1.82) is 0 Å². The number of alkyl halides is 3. The second kappa shape index (κ2) is 6.02. The van der Waals surface area contributed by atoms with E-state index in [1.807, 2.05) is 0 Å². The monoisotopic (exact) mass is 269 g/mol. The van der Waals surface area contributed by atoms with Crippen LogP contribution in [0.4, 0.5) is 17.6 Å². The van der Waals surface area contributed by atoms with E-state index in [0.717, 1.165) is 12.1 Å². The van der Waals surface area contributed by atoms with Crippen molar-refractivity contribution in [2.45, 2.75) is 18.6 Å². The minimum atomic E-state index is -4.56. The van der Waals surface area contributed by atoms with Crippen LogP contribution in [-0.2, 0) is 6.18 Å². The Kier molecular flexibility index (Phi) is 5.64. The molecule has 6 heteroatoms. The SMILES string of the molecule is C=CC[C@@H](N)c1cc(F)cc(C(F)(F)F)c1.Cl. The molecule has 1 nitrogen and oxygen atoms in total. The Morgan fingerprint density at radius 1 is 1.29 bits per heavy atom. The molecule has 0 aliphatic rings. The predicted molar refractivity (Wildman–Crippen MR) is 60.4 cm³/mol. The normalized spacial score (nSPS) is 12.8. The Morgan fingerprint density at radius 2 is 1.88 bits per heavy atom. The molecule has 0 amide bonds. The highest BCUT2D eigenvalue weighted by atomic mass is 35.5. The van der Waals surface area contributed by atoms with Gasteiger partial charge in [-0.2, -0.15) is 13.2 Å². The highest BCUT2D eigenvalue weighted by Crippen LogP contribution is 2.31. The fourth-order valence-electron chi connectivity index (χ4n) is 1.31. The smallest absolute Gasteiger partial charge is 0.324 e. The molecule has 0 saturated carbocycles. The van der Waals surface area contributed by atoms with Gasteiger partial charge in [-0.15, -0.1) is 19.0 Å². The lowest BCUT2D eigenvalue weighted by atomic mass is 10.0. The van der Waals surface area contributed by atoms with Gasteiger partial charge in [0.15, 0.2) is 0 Å². The van der Waals surface area contributed by atoms with E-state index in [9.17, 15) is 17.6 Å². The van der Waals surface area contributed by atoms with Crippen LogP contribution in [0.15, 0.2) is 30.9 Å². The third-order valence-corrected chi connectivity index (χ3v) is 2.10. The predicted octanol–water partition coefficient (Wildman–Crippen LogP) is 3.84. The average Bonchev–Trinajstić information content (AvgIpc) is 2.16. The lowest BCUT2D eigenvalue weighted by Gasteiger charge is -2.13. The Hall–Kier alpha value is -1.07. The average molecular weight is 270 g/mol. The number of nitrogens with two attached hydrogens (primary N) is 1. The summed E-state index contributed by atoms with van der Waals surface area (Å²) in [6, 6.07) is 1.64. The molecule has 1 aromatic carbocycles. The van der Waals surface area contributed by atoms with Gasteiger partial charge in [0.05, 0.1) is 5.56 Å². The maximum Gasteiger partial charge on any atom is 0.416 e. The molecule has 0 bridgehead atoms. The van der Waals surface area contributed by atoms with Gasteiger partial charge in [0.1, 0.15) is 5.82 Å². The molecule has 0 radical (unpaired) electrons. The zero-order valence-corrected chi connectivity index (χ0v) is 9.61. The molecule has 0 fully saturated rings. The molecule has 0 saturated heterocycles. The van der Waals surface area contributed by atoms with Crippen molar-refractivity contribution in [3.63, 3.8) is 0 Å². The molecule has 0 unspecified atom stereocenters. The van der Waals surface area contributed by atoms with E-state index in [0.29, 0.717) is 12.5 Å². The number of rotatable bonds is 3. The van der Waals surface area contributed by atoms with Crippen LogP contribution >= 0.6 is 12.4 Å². The molecule has 0 aromatic heterocycles. The van der Waals surface area contributed by atoms with Crippen molar-refractivity contribution in [3.8, 4) is 0 Å². The van der Waals surface area contributed by atoms with E-state index in [4.69, 9.17) is 5.73 Å². The zero-order chi connectivity index (χ0) is 12.3. The first-order valence-electron chi connectivity index (χ1n) is 4.58. The highest BCUT2D eigenvalue weighted by molar-refractivity contribution is 5.85. The maximum absolute atomic E-state index is 13.0. The van der Waals surface area contributed by atoms with Gasteiger partial charge in [0, 0.05) is 6.04 Å². The second-order valence-corrected chi connectivity index (χ2v) is 3.40. The lowest BCUT2D eigenvalue weighted by molar-refractivity contribution is -0.137. The van der Waals surface area contributed by atoms with Crippen LogP contribution in [0.3, 0.4) is 0 Å². The summed E-state index contributed by atoms with van der Waals surface area (Å²) in [5.41, 5.74) is 4.67. The maximum atomic E-state index is 13.0. The minimum Gasteiger partial charge on any atom is -0.324 e. The Balaban J connectivity index is 0.00000256. The molecule has 2 N–H and O–H groups in total. The van der Waals surface area contributed by atoms with Crippen molar-refractivity contribution >= 4 is 12.4 Å². The largest absolute Gasteiger partial charge is 0.416 e. The first-order valence-corrected chi connectivity index (χ1v) is 4.58. The van der Waals surface area contributed by atoms with Gasteiger partial charge in [0.2, 0.25) is 0 Å². The van der Waals surface area contributed by atoms with Crippen LogP contribution in [0.25, 0.3) is 0 Å². The first-order chi connectivity index (χ1) is 7.34. The molecule has 0 heterocycles. The fraction of sp³-hybridized carbons (Fsp3) is 0.273. The quantitative estimate of drug-likeness (QED) is 0.655. The molecule has 1 atom stereocenters. The van der Waals surface area contributed by atoms with Crippen LogP contribution in [0.5, 0.6) is 0 Å². The summed E-state index contributed by atoms with van der Waals surface area (Å²) in [4.78, 5) is 0. The van der Waals surface area contributed by atoms with Crippen molar-refractivity contribution in [2.24, 2.45) is 5.73 Å². The molecular formula is C11H12ClF4N. The molecule has 96 valence electrons. The van der Waals surface area contributed by atoms with Crippen molar-refractivity contribution in [2.75, 3.05) is 0 Å². The second-order valence-electron chi connectivity index (χ2n) is 3.40. The summed E-state index contributed by atoms with van der Waals surface area (Å²) < 4.78 is 50.1. The number of hydrogen-bond donors (Lipinski definition) is 1. The summed E-state index contributed by atoms with van der Waals surface area (Å²) in [6.45, 7) is 3.42. The van der Waals surface area contributed by atoms with Gasteiger partial charge in [0.25, 0.3) is 0 Å². The van der Waals surface area contributed by atoms with Gasteiger partial charge in [-0.25, -0.2) is 4.39 Å². The topological polar surface area (TPSA) is 26.0 Å². The summed E-state index contributed by atoms with van der Waals surface area (Å²) in [6.07, 6.45) is -2.80. The van der Waals surface area contributed by atoms with Crippen LogP contribution < -0.4 is 5.73 Å². The van der Waals surface area contributed by atoms with Crippen molar-refractivity contribution < 1.29 is 17.6 Å². The van der Waals surface area contributed by atoms with E-state index in [1.165, 1.54) is 6.08 Å². The fourth-order valence-corrected chi connectivity index (χ4v) is 1.31. The third kappa shape index (κ3) is 4.36. The summed E-state index contributed by atoms with van der Waals surface area (Å²) in [5, 5.41) is 0. The van der Waals surface area contributed by atoms with Crippen molar-refractivity contribution in [3.05, 3.63) is 47.8 Å². The summed E-state index contributed by atoms with van der Waals surface area (Å²) in [5.74, 6) is -0.940. The Bertz CT molecular complexity index is 390. The molecular weight excluding hydrogens is 258 g/mol. The molecule has 1 aromatic rings. The molecule has 1 rings (SSSR count). The van der Waals surface area contributed by atoms with Crippen molar-refractivity contribution in [1.82, 2.24) is 0 Å². The van der Waals surface area contributed by atoms with Gasteiger partial charge >= 0.3 is 6.18 Å². The van der Waals surface area contributed by atoms with E-state index in [2.05, 4.69) is 6.58 Å². The first kappa shape index (κ1) is 15.9. The number of benzene rings is 1. The molecule has 0 aliphatic heterocycles. The van der Waals surface area contributed by atoms with Gasteiger partial charge in [-0.3, -0.25) is 0 Å². The van der Waals surface area contributed by atoms with E-state index in [-0.39, 0.29) is 18.0 Å². The molecule has 17 heavy (non-hydrogen) atoms. The van der Waals surface area contributed by atoms with E-state index >= 15 is 0 Å². The lowest BCUT2D eigenvalue weighted by Crippen LogP contribution is -2.12. The van der Waals surface area contributed by atoms with Gasteiger partial charge in [-0.1, -0.05) is 6.08 Å². The molecule has 0 spiro atoms. The third-order valence-electron chi connectivity index (χ3n) is 2.10. The standard InChI is InChI=1S/C11H11F4N.ClH/c1-2-3-10(16)7-4-8(11(13,14)15)6-9(12)5-7;/h2,4-6,10H,1,3,16H2;1H/t10-;/m1./s1. The van der Waals surface area contributed by atoms with Crippen LogP contribution in [0.2, 0.25) is 0 Å². The van der Waals surface area contributed by atoms with Gasteiger partial charge in [-0.05, 0) is 30.2 Å². The van der Waals surface area contributed by atoms with E-state index in [1.54, 1.807) is 0 Å². The summed E-state index contributed by atoms with van der Waals surface area (Å²) >= 11 is 0. The van der Waals surface area contributed by atoms with Gasteiger partial charge < -0.3 is 5.73 Å². The highest BCUT2D eigenvalue weighted by Gasteiger charge is 2.31. The van der Waals surface area contributed by atoms with Crippen LogP contribution in [0.1, 0.15) is 23.6 Å². The zero-order valence-electron chi connectivity index (χ0n) is 8.80. The van der Waals surface area contributed by atoms with Crippen LogP contribution in [-0.4, -0.2) is 0 Å². The Labute approximate surface area is 103 Å². The number of hydrogen-bond acceptors (Lipinski definition) is 1. The number of halogens is 5. The van der Waals surface area contributed by atoms with Crippen LogP contribution in [0, 0.1) is 5.82 Å². The van der Waals surface area contributed by atoms with E-state index < -0.39 is 23.6 Å². The minimum absolute atomic E-state index is 0. The Morgan fingerprint density at radius 3 is 2.35 bits per heavy atom.